The van der Waals surface area contributed by atoms with Gasteiger partial charge < -0.3 is 5.73 Å². The van der Waals surface area contributed by atoms with Gasteiger partial charge in [0.1, 0.15) is 0 Å². The van der Waals surface area contributed by atoms with E-state index in [0.717, 1.165) is 11.4 Å². The van der Waals surface area contributed by atoms with E-state index in [4.69, 9.17) is 5.84 Å². The smallest absolute Gasteiger partial charge is 0.0581 e. The van der Waals surface area contributed by atoms with E-state index in [1.807, 2.05) is 0 Å². The van der Waals surface area contributed by atoms with Gasteiger partial charge in [-0.25, -0.2) is 5.84 Å². The van der Waals surface area contributed by atoms with Crippen molar-refractivity contribution >= 4 is 22.5 Å². The molecule has 6 aromatic carbocycles. The molecule has 0 amide bonds. The van der Waals surface area contributed by atoms with E-state index in [2.05, 4.69) is 164 Å². The second kappa shape index (κ2) is 12.3. The van der Waals surface area contributed by atoms with E-state index < -0.39 is 0 Å². The van der Waals surface area contributed by atoms with Gasteiger partial charge in [0.2, 0.25) is 0 Å². The van der Waals surface area contributed by atoms with Crippen LogP contribution >= 0.6 is 0 Å². The van der Waals surface area contributed by atoms with Crippen molar-refractivity contribution in [1.29, 1.82) is 0 Å². The Morgan fingerprint density at radius 2 is 0.930 bits per heavy atom. The summed E-state index contributed by atoms with van der Waals surface area (Å²) < 4.78 is 0. The zero-order valence-electron chi connectivity index (χ0n) is 24.5. The van der Waals surface area contributed by atoms with Gasteiger partial charge in [0, 0.05) is 0 Å². The third kappa shape index (κ3) is 5.40. The van der Waals surface area contributed by atoms with Crippen LogP contribution in [-0.4, -0.2) is 7.05 Å². The summed E-state index contributed by atoms with van der Waals surface area (Å²) in [5.41, 5.74) is 19.8. The minimum Gasteiger partial charge on any atom is -0.333 e. The molecule has 1 aliphatic carbocycles. The maximum Gasteiger partial charge on any atom is 0.0581 e. The summed E-state index contributed by atoms with van der Waals surface area (Å²) in [5.74, 6) is 6.79. The number of rotatable bonds is 5. The van der Waals surface area contributed by atoms with Crippen LogP contribution in [-0.2, 0) is 0 Å². The molecule has 0 radical (unpaired) electrons. The Morgan fingerprint density at radius 1 is 0.465 bits per heavy atom. The molecule has 3 heteroatoms. The third-order valence-corrected chi connectivity index (χ3v) is 7.94. The minimum atomic E-state index is 0.938. The first-order valence-electron chi connectivity index (χ1n) is 14.6. The van der Waals surface area contributed by atoms with E-state index >= 15 is 0 Å². The van der Waals surface area contributed by atoms with Crippen LogP contribution in [0.15, 0.2) is 152 Å². The molecule has 210 valence electrons. The number of anilines is 2. The number of hydrazine groups is 1. The van der Waals surface area contributed by atoms with Crippen LogP contribution in [0.25, 0.3) is 33.4 Å². The van der Waals surface area contributed by atoms with Crippen molar-refractivity contribution in [2.45, 2.75) is 6.92 Å². The summed E-state index contributed by atoms with van der Waals surface area (Å²) in [6.45, 7) is 2.11. The predicted octanol–water partition coefficient (Wildman–Crippen LogP) is 9.24. The van der Waals surface area contributed by atoms with Crippen molar-refractivity contribution in [2.24, 2.45) is 11.6 Å². The largest absolute Gasteiger partial charge is 0.333 e. The van der Waals surface area contributed by atoms with Gasteiger partial charge in [0.05, 0.1) is 11.4 Å². The lowest BCUT2D eigenvalue weighted by Crippen LogP contribution is -2.24. The molecule has 0 saturated heterocycles. The number of hydrogen-bond acceptors (Lipinski definition) is 3. The van der Waals surface area contributed by atoms with Crippen LogP contribution in [0.4, 0.5) is 11.4 Å². The van der Waals surface area contributed by atoms with Crippen LogP contribution in [0.1, 0.15) is 27.8 Å². The molecule has 0 saturated carbocycles. The minimum absolute atomic E-state index is 0.938. The maximum atomic E-state index is 6.79. The van der Waals surface area contributed by atoms with E-state index in [0.29, 0.717) is 0 Å². The maximum absolute atomic E-state index is 6.79. The second-order valence-electron chi connectivity index (χ2n) is 10.5. The topological polar surface area (TPSA) is 55.3 Å². The fourth-order valence-corrected chi connectivity index (χ4v) is 5.85. The number of aryl methyl sites for hydroxylation is 1. The quantitative estimate of drug-likeness (QED) is 0.164. The van der Waals surface area contributed by atoms with Crippen LogP contribution in [0.3, 0.4) is 0 Å². The van der Waals surface area contributed by atoms with Crippen LogP contribution < -0.4 is 16.6 Å². The fourth-order valence-electron chi connectivity index (χ4n) is 5.85. The average Bonchev–Trinajstić information content (AvgIpc) is 3.40. The molecule has 0 aliphatic heterocycles. The molecular weight excluding hydrogens is 522 g/mol. The van der Waals surface area contributed by atoms with Gasteiger partial charge in [0.15, 0.2) is 0 Å². The molecule has 0 atom stereocenters. The monoisotopic (exact) mass is 557 g/mol. The summed E-state index contributed by atoms with van der Waals surface area (Å²) in [6, 6.07) is 53.7. The average molecular weight is 558 g/mol. The molecule has 0 unspecified atom stereocenters. The van der Waals surface area contributed by atoms with Gasteiger partial charge in [-0.2, -0.15) is 0 Å². The lowest BCUT2D eigenvalue weighted by atomic mass is 9.88. The molecule has 0 bridgehead atoms. The summed E-state index contributed by atoms with van der Waals surface area (Å²) in [6.07, 6.45) is 0. The number of nitrogens with two attached hydrogens (primary N) is 2. The van der Waals surface area contributed by atoms with E-state index in [1.165, 1.54) is 68.3 Å². The number of benzene rings is 6. The molecule has 7 rings (SSSR count). The van der Waals surface area contributed by atoms with Crippen molar-refractivity contribution < 1.29 is 0 Å². The summed E-state index contributed by atoms with van der Waals surface area (Å²) in [5, 5.41) is 1.78. The van der Waals surface area contributed by atoms with E-state index in [-0.39, 0.29) is 0 Å². The lowest BCUT2D eigenvalue weighted by Gasteiger charge is -2.21. The Labute approximate surface area is 254 Å². The Kier molecular flexibility index (Phi) is 8.01. The molecule has 1 aliphatic rings. The third-order valence-electron chi connectivity index (χ3n) is 7.94. The molecule has 0 spiro atoms. The predicted molar refractivity (Wildman–Crippen MR) is 183 cm³/mol. The Balaban J connectivity index is 0.00000161. The first-order chi connectivity index (χ1) is 21.2. The molecule has 4 N–H and O–H groups in total. The van der Waals surface area contributed by atoms with Crippen molar-refractivity contribution in [3.63, 3.8) is 0 Å². The number of hydrogen-bond donors (Lipinski definition) is 2. The van der Waals surface area contributed by atoms with Gasteiger partial charge in [-0.15, -0.1) is 0 Å². The normalized spacial score (nSPS) is 11.2. The highest BCUT2D eigenvalue weighted by Crippen LogP contribution is 2.50. The van der Waals surface area contributed by atoms with Gasteiger partial charge in [0.25, 0.3) is 0 Å². The highest BCUT2D eigenvalue weighted by molar-refractivity contribution is 6.14. The van der Waals surface area contributed by atoms with Crippen LogP contribution in [0.5, 0.6) is 0 Å². The van der Waals surface area contributed by atoms with E-state index in [1.54, 1.807) is 5.01 Å². The molecule has 0 aromatic heterocycles. The Bertz CT molecular complexity index is 1830. The van der Waals surface area contributed by atoms with Gasteiger partial charge >= 0.3 is 0 Å². The fraction of sp³-hybridized carbons (Fsp3) is 0.0500. The highest BCUT2D eigenvalue weighted by Gasteiger charge is 2.28. The molecule has 0 heterocycles. The summed E-state index contributed by atoms with van der Waals surface area (Å²) >= 11 is 0. The first-order valence-corrected chi connectivity index (χ1v) is 14.6. The summed E-state index contributed by atoms with van der Waals surface area (Å²) in [4.78, 5) is 0. The SMILES string of the molecule is CN.Cc1ccc(-c2ccc(N(N)c3ccc4c(c3)C(=C(c3ccccc3)c3ccccc3)c3ccccc3-4)cc2)cc1. The second-order valence-corrected chi connectivity index (χ2v) is 10.5. The number of fused-ring (bicyclic) bond motifs is 3. The zero-order valence-corrected chi connectivity index (χ0v) is 24.5. The van der Waals surface area contributed by atoms with Crippen LogP contribution in [0, 0.1) is 6.92 Å². The van der Waals surface area contributed by atoms with Gasteiger partial charge in [-0.3, -0.25) is 5.01 Å². The lowest BCUT2D eigenvalue weighted by molar-refractivity contribution is 1.09. The molecular formula is C40H35N3. The standard InChI is InChI=1S/C39H30N2.CH5N/c1-27-16-18-28(19-17-27)29-20-22-32(23-21-29)41(40)33-24-25-35-34-14-8-9-15-36(34)39(37(35)26-33)38(30-10-4-2-5-11-30)31-12-6-3-7-13-31;1-2/h2-26H,40H2,1H3;2H2,1H3. The van der Waals surface area contributed by atoms with Crippen molar-refractivity contribution in [3.8, 4) is 22.3 Å². The van der Waals surface area contributed by atoms with Crippen molar-refractivity contribution in [2.75, 3.05) is 12.1 Å². The summed E-state index contributed by atoms with van der Waals surface area (Å²) in [7, 11) is 1.50. The Morgan fingerprint density at radius 3 is 1.51 bits per heavy atom. The van der Waals surface area contributed by atoms with Crippen molar-refractivity contribution in [3.05, 3.63) is 179 Å². The Hall–Kier alpha value is -5.22. The zero-order chi connectivity index (χ0) is 29.8. The van der Waals surface area contributed by atoms with Gasteiger partial charge in [-0.1, -0.05) is 133 Å². The first kappa shape index (κ1) is 27.9. The highest BCUT2D eigenvalue weighted by atomic mass is 15.4. The van der Waals surface area contributed by atoms with Gasteiger partial charge in [-0.05, 0) is 93.9 Å². The molecule has 43 heavy (non-hydrogen) atoms. The van der Waals surface area contributed by atoms with Crippen molar-refractivity contribution in [1.82, 2.24) is 0 Å². The molecule has 3 nitrogen and oxygen atoms in total. The molecule has 6 aromatic rings. The van der Waals surface area contributed by atoms with E-state index in [9.17, 15) is 0 Å². The molecule has 0 fully saturated rings. The van der Waals surface area contributed by atoms with Crippen LogP contribution in [0.2, 0.25) is 0 Å². The number of nitrogens with zero attached hydrogens (tertiary/aromatic N) is 1.